The molecule has 0 radical (unpaired) electrons. The number of hydrogen-bond donors (Lipinski definition) is 7. The molecule has 2 heterocycles. The fraction of sp³-hybridized carbons (Fsp3) is 0.600. The molecule has 0 unspecified atom stereocenters. The second kappa shape index (κ2) is 9.79. The zero-order chi connectivity index (χ0) is 21.9. The Kier molecular flexibility index (Phi) is 7.58. The van der Waals surface area contributed by atoms with Crippen LogP contribution < -0.4 is 0 Å². The molecule has 1 aromatic carbocycles. The van der Waals surface area contributed by atoms with E-state index in [1.807, 2.05) is 30.3 Å². The monoisotopic (exact) mass is 428 g/mol. The van der Waals surface area contributed by atoms with Crippen LogP contribution in [-0.2, 0) is 14.2 Å². The van der Waals surface area contributed by atoms with Crippen molar-refractivity contribution in [1.29, 1.82) is 0 Å². The fourth-order valence-corrected chi connectivity index (χ4v) is 3.51. The quantitative estimate of drug-likeness (QED) is 0.262. The van der Waals surface area contributed by atoms with Crippen LogP contribution >= 0.6 is 0 Å². The molecule has 3 rings (SSSR count). The van der Waals surface area contributed by atoms with Crippen molar-refractivity contribution >= 4 is 6.08 Å². The van der Waals surface area contributed by atoms with E-state index in [9.17, 15) is 35.7 Å². The summed E-state index contributed by atoms with van der Waals surface area (Å²) in [4.78, 5) is 0. The maximum Gasteiger partial charge on any atom is 0.186 e. The minimum Gasteiger partial charge on any atom is -0.388 e. The average Bonchev–Trinajstić information content (AvgIpc) is 2.74. The van der Waals surface area contributed by atoms with Gasteiger partial charge < -0.3 is 50.0 Å². The Morgan fingerprint density at radius 2 is 1.70 bits per heavy atom. The average molecular weight is 428 g/mol. The maximum absolute atomic E-state index is 10.9. The van der Waals surface area contributed by atoms with Crippen LogP contribution in [0, 0.1) is 0 Å². The number of benzene rings is 1. The molecule has 10 nitrogen and oxygen atoms in total. The SMILES string of the molecule is O[C@@H]1[C@@H](O)[C@H](OC[C@H]2O[C@@H](O)[C@H](O)[C@](O)(C/C=C/c3ccccc3)[C@@H]2O)OC[C@@H]1O. The molecule has 0 amide bonds. The molecule has 0 bridgehead atoms. The molecule has 9 atom stereocenters. The van der Waals surface area contributed by atoms with E-state index in [2.05, 4.69) is 0 Å². The number of aliphatic hydroxyl groups excluding tert-OH is 6. The van der Waals surface area contributed by atoms with Gasteiger partial charge in [-0.05, 0) is 12.0 Å². The minimum atomic E-state index is -2.13. The summed E-state index contributed by atoms with van der Waals surface area (Å²) in [7, 11) is 0. The first-order valence-corrected chi connectivity index (χ1v) is 9.65. The van der Waals surface area contributed by atoms with Gasteiger partial charge in [-0.3, -0.25) is 0 Å². The van der Waals surface area contributed by atoms with Crippen molar-refractivity contribution in [2.24, 2.45) is 0 Å². The van der Waals surface area contributed by atoms with Gasteiger partial charge in [0.1, 0.15) is 42.2 Å². The summed E-state index contributed by atoms with van der Waals surface area (Å²) in [6.07, 6.45) is -9.01. The van der Waals surface area contributed by atoms with E-state index in [-0.39, 0.29) is 13.0 Å². The molecule has 2 aliphatic heterocycles. The lowest BCUT2D eigenvalue weighted by atomic mass is 9.81. The predicted molar refractivity (Wildman–Crippen MR) is 102 cm³/mol. The first-order valence-electron chi connectivity index (χ1n) is 9.65. The van der Waals surface area contributed by atoms with E-state index in [1.54, 1.807) is 12.2 Å². The van der Waals surface area contributed by atoms with Crippen molar-refractivity contribution in [2.45, 2.75) is 61.2 Å². The highest BCUT2D eigenvalue weighted by molar-refractivity contribution is 5.48. The number of aliphatic hydroxyl groups is 7. The van der Waals surface area contributed by atoms with Crippen LogP contribution in [0.2, 0.25) is 0 Å². The van der Waals surface area contributed by atoms with Crippen LogP contribution in [0.5, 0.6) is 0 Å². The van der Waals surface area contributed by atoms with Crippen molar-refractivity contribution in [3.63, 3.8) is 0 Å². The molecule has 2 aliphatic rings. The molecular weight excluding hydrogens is 400 g/mol. The van der Waals surface area contributed by atoms with Crippen LogP contribution in [0.3, 0.4) is 0 Å². The Morgan fingerprint density at radius 3 is 2.40 bits per heavy atom. The third-order valence-corrected chi connectivity index (χ3v) is 5.39. The fourth-order valence-electron chi connectivity index (χ4n) is 3.51. The largest absolute Gasteiger partial charge is 0.388 e. The van der Waals surface area contributed by atoms with Crippen molar-refractivity contribution in [1.82, 2.24) is 0 Å². The summed E-state index contributed by atoms with van der Waals surface area (Å²) < 4.78 is 15.6. The van der Waals surface area contributed by atoms with Gasteiger partial charge in [-0.2, -0.15) is 0 Å². The van der Waals surface area contributed by atoms with E-state index in [0.717, 1.165) is 5.56 Å². The summed E-state index contributed by atoms with van der Waals surface area (Å²) in [6, 6.07) is 9.20. The lowest BCUT2D eigenvalue weighted by Crippen LogP contribution is -2.67. The molecule has 168 valence electrons. The van der Waals surface area contributed by atoms with E-state index in [0.29, 0.717) is 0 Å². The molecule has 7 N–H and O–H groups in total. The Hall–Kier alpha value is -1.44. The van der Waals surface area contributed by atoms with Crippen molar-refractivity contribution < 1.29 is 50.0 Å². The molecular formula is C20H28O10. The molecule has 0 aliphatic carbocycles. The second-order valence-electron chi connectivity index (χ2n) is 7.55. The van der Waals surface area contributed by atoms with Crippen molar-refractivity contribution in [3.05, 3.63) is 42.0 Å². The summed E-state index contributed by atoms with van der Waals surface area (Å²) in [6.45, 7) is -0.702. The maximum atomic E-state index is 10.9. The third-order valence-electron chi connectivity index (χ3n) is 5.39. The lowest BCUT2D eigenvalue weighted by molar-refractivity contribution is -0.335. The predicted octanol–water partition coefficient (Wildman–Crippen LogP) is -2.28. The standard InChI is InChI=1S/C20H28O10/c21-12-9-28-19(15(23)14(12)22)29-10-13-16(24)20(27,17(25)18(26)30-13)8-4-7-11-5-2-1-3-6-11/h1-7,12-19,21-27H,8-10H2/b7-4+/t12-,13+,14-,15+,16+,17-,18+,19-,20-/m0/s1. The number of rotatable bonds is 6. The zero-order valence-electron chi connectivity index (χ0n) is 16.1. The van der Waals surface area contributed by atoms with E-state index >= 15 is 0 Å². The van der Waals surface area contributed by atoms with E-state index < -0.39 is 61.4 Å². The van der Waals surface area contributed by atoms with Crippen molar-refractivity contribution in [3.8, 4) is 0 Å². The second-order valence-corrected chi connectivity index (χ2v) is 7.55. The molecule has 30 heavy (non-hydrogen) atoms. The first-order chi connectivity index (χ1) is 14.2. The first kappa shape index (κ1) is 23.2. The number of hydrogen-bond acceptors (Lipinski definition) is 10. The molecule has 0 spiro atoms. The van der Waals surface area contributed by atoms with Gasteiger partial charge in [0.2, 0.25) is 0 Å². The van der Waals surface area contributed by atoms with Gasteiger partial charge in [0.05, 0.1) is 13.2 Å². The summed E-state index contributed by atoms with van der Waals surface area (Å²) in [5.74, 6) is 0. The Morgan fingerprint density at radius 1 is 1.00 bits per heavy atom. The van der Waals surface area contributed by atoms with E-state index in [4.69, 9.17) is 14.2 Å². The highest BCUT2D eigenvalue weighted by Gasteiger charge is 2.54. The van der Waals surface area contributed by atoms with Gasteiger partial charge in [0, 0.05) is 0 Å². The molecule has 0 aromatic heterocycles. The number of ether oxygens (including phenoxy) is 3. The molecule has 2 saturated heterocycles. The lowest BCUT2D eigenvalue weighted by Gasteiger charge is -2.47. The van der Waals surface area contributed by atoms with Crippen LogP contribution in [0.4, 0.5) is 0 Å². The van der Waals surface area contributed by atoms with Crippen LogP contribution in [0.25, 0.3) is 6.08 Å². The van der Waals surface area contributed by atoms with Gasteiger partial charge in [0.25, 0.3) is 0 Å². The van der Waals surface area contributed by atoms with Crippen LogP contribution in [0.1, 0.15) is 12.0 Å². The molecule has 10 heteroatoms. The highest BCUT2D eigenvalue weighted by atomic mass is 16.7. The zero-order valence-corrected chi connectivity index (χ0v) is 16.1. The van der Waals surface area contributed by atoms with Crippen LogP contribution in [0.15, 0.2) is 36.4 Å². The summed E-state index contributed by atoms with van der Waals surface area (Å²) in [5, 5.41) is 70.8. The van der Waals surface area contributed by atoms with Gasteiger partial charge >= 0.3 is 0 Å². The summed E-state index contributed by atoms with van der Waals surface area (Å²) in [5.41, 5.74) is -1.28. The smallest absolute Gasteiger partial charge is 0.186 e. The summed E-state index contributed by atoms with van der Waals surface area (Å²) >= 11 is 0. The highest BCUT2D eigenvalue weighted by Crippen LogP contribution is 2.33. The third kappa shape index (κ3) is 4.89. The van der Waals surface area contributed by atoms with Gasteiger partial charge in [0.15, 0.2) is 12.6 Å². The minimum absolute atomic E-state index is 0.186. The topological polar surface area (TPSA) is 169 Å². The van der Waals surface area contributed by atoms with Crippen LogP contribution in [-0.4, -0.2) is 104 Å². The van der Waals surface area contributed by atoms with Gasteiger partial charge in [-0.15, -0.1) is 0 Å². The Labute approximate surface area is 173 Å². The van der Waals surface area contributed by atoms with Gasteiger partial charge in [-0.25, -0.2) is 0 Å². The molecule has 0 saturated carbocycles. The Balaban J connectivity index is 1.64. The van der Waals surface area contributed by atoms with Crippen molar-refractivity contribution in [2.75, 3.05) is 13.2 Å². The van der Waals surface area contributed by atoms with E-state index in [1.165, 1.54) is 0 Å². The Bertz CT molecular complexity index is 700. The molecule has 2 fully saturated rings. The van der Waals surface area contributed by atoms with Gasteiger partial charge in [-0.1, -0.05) is 42.5 Å². The normalized spacial score (nSPS) is 42.5. The molecule has 1 aromatic rings.